The molecule has 0 radical (unpaired) electrons. The van der Waals surface area contributed by atoms with Gasteiger partial charge in [0.15, 0.2) is 5.16 Å². The zero-order valence-electron chi connectivity index (χ0n) is 18.2. The van der Waals surface area contributed by atoms with Gasteiger partial charge in [0.05, 0.1) is 13.2 Å². The average Bonchev–Trinajstić information content (AvgIpc) is 2.76. The highest BCUT2D eigenvalue weighted by molar-refractivity contribution is 7.99. The van der Waals surface area contributed by atoms with Gasteiger partial charge in [-0.1, -0.05) is 6.92 Å². The lowest BCUT2D eigenvalue weighted by Gasteiger charge is -2.27. The van der Waals surface area contributed by atoms with Crippen molar-refractivity contribution in [2.45, 2.75) is 56.5 Å². The minimum Gasteiger partial charge on any atom is -0.477 e. The monoisotopic (exact) mass is 447 g/mol. The molecule has 0 aromatic carbocycles. The number of nitrogens with one attached hydrogen (secondary N) is 1. The van der Waals surface area contributed by atoms with E-state index in [9.17, 15) is 4.79 Å². The van der Waals surface area contributed by atoms with Gasteiger partial charge < -0.3 is 25.4 Å². The van der Waals surface area contributed by atoms with Crippen LogP contribution in [0.25, 0.3) is 0 Å². The van der Waals surface area contributed by atoms with Crippen molar-refractivity contribution in [1.82, 2.24) is 19.9 Å². The molecule has 1 aliphatic rings. The van der Waals surface area contributed by atoms with Crippen LogP contribution < -0.4 is 25.4 Å². The number of nitrogens with zero attached hydrogens (tertiary/aromatic N) is 5. The molecule has 0 spiro atoms. The third-order valence-electron chi connectivity index (χ3n) is 4.50. The van der Waals surface area contributed by atoms with Gasteiger partial charge in [-0.15, -0.1) is 0 Å². The maximum atomic E-state index is 11.7. The van der Waals surface area contributed by atoms with E-state index >= 15 is 0 Å². The van der Waals surface area contributed by atoms with E-state index in [2.05, 4.69) is 30.2 Å². The topological polar surface area (TPSA) is 128 Å². The molecular formula is C20H29N7O3S. The molecule has 3 N–H and O–H groups in total. The Morgan fingerprint density at radius 2 is 1.71 bits per heavy atom. The Bertz CT molecular complexity index is 879. The summed E-state index contributed by atoms with van der Waals surface area (Å²) in [5.41, 5.74) is 5.93. The van der Waals surface area contributed by atoms with Gasteiger partial charge >= 0.3 is 0 Å². The number of piperidine rings is 1. The molecule has 1 aliphatic heterocycles. The van der Waals surface area contributed by atoms with E-state index < -0.39 is 0 Å². The molecule has 0 aliphatic carbocycles. The largest absolute Gasteiger partial charge is 0.477 e. The zero-order valence-corrected chi connectivity index (χ0v) is 19.0. The standard InChI is InChI=1S/C20H29N7O3S/c1-4-15(28)23-14-12-13(21)22-20(24-14)31-16-17(29-5-2)25-19(26-18(16)30-6-3)27-10-8-7-9-11-27/h12H,4-11H2,1-3H3,(H3,21,22,23,24,28). The van der Waals surface area contributed by atoms with Gasteiger partial charge in [0.1, 0.15) is 16.5 Å². The van der Waals surface area contributed by atoms with E-state index in [1.165, 1.54) is 24.2 Å². The third kappa shape index (κ3) is 6.09. The van der Waals surface area contributed by atoms with Crippen LogP contribution in [-0.2, 0) is 4.79 Å². The summed E-state index contributed by atoms with van der Waals surface area (Å²) >= 11 is 1.19. The van der Waals surface area contributed by atoms with Crippen LogP contribution in [0, 0.1) is 0 Å². The number of ether oxygens (including phenoxy) is 2. The fourth-order valence-corrected chi connectivity index (χ4v) is 3.93. The van der Waals surface area contributed by atoms with Crippen LogP contribution in [0.2, 0.25) is 0 Å². The molecule has 1 fully saturated rings. The summed E-state index contributed by atoms with van der Waals surface area (Å²) in [6.45, 7) is 8.24. The molecule has 168 valence electrons. The summed E-state index contributed by atoms with van der Waals surface area (Å²) in [6, 6.07) is 1.51. The molecule has 1 saturated heterocycles. The molecule has 31 heavy (non-hydrogen) atoms. The second-order valence-corrected chi connectivity index (χ2v) is 7.82. The Hall–Kier alpha value is -2.82. The normalized spacial score (nSPS) is 13.7. The van der Waals surface area contributed by atoms with Crippen LogP contribution in [0.3, 0.4) is 0 Å². The number of nitrogens with two attached hydrogens (primary N) is 1. The summed E-state index contributed by atoms with van der Waals surface area (Å²) in [5.74, 6) is 1.84. The second kappa shape index (κ2) is 11.0. The number of carbonyl (C=O) groups is 1. The minimum absolute atomic E-state index is 0.159. The number of carbonyl (C=O) groups excluding carboxylic acids is 1. The number of aromatic nitrogens is 4. The Morgan fingerprint density at radius 3 is 2.29 bits per heavy atom. The Morgan fingerprint density at radius 1 is 1.06 bits per heavy atom. The van der Waals surface area contributed by atoms with Crippen molar-refractivity contribution in [1.29, 1.82) is 0 Å². The first-order valence-electron chi connectivity index (χ1n) is 10.6. The van der Waals surface area contributed by atoms with Crippen molar-refractivity contribution in [2.75, 3.05) is 42.3 Å². The van der Waals surface area contributed by atoms with Gasteiger partial charge in [0.25, 0.3) is 0 Å². The second-order valence-electron chi connectivity index (χ2n) is 6.84. The molecule has 0 atom stereocenters. The summed E-state index contributed by atoms with van der Waals surface area (Å²) in [5, 5.41) is 3.04. The molecule has 0 unspecified atom stereocenters. The lowest BCUT2D eigenvalue weighted by Crippen LogP contribution is -2.31. The van der Waals surface area contributed by atoms with Crippen LogP contribution in [0.5, 0.6) is 11.8 Å². The zero-order chi connectivity index (χ0) is 22.2. The van der Waals surface area contributed by atoms with Crippen molar-refractivity contribution in [2.24, 2.45) is 0 Å². The van der Waals surface area contributed by atoms with E-state index in [1.807, 2.05) is 13.8 Å². The summed E-state index contributed by atoms with van der Waals surface area (Å²) in [7, 11) is 0. The fourth-order valence-electron chi connectivity index (χ4n) is 3.07. The maximum absolute atomic E-state index is 11.7. The predicted octanol–water partition coefficient (Wildman–Crippen LogP) is 3.14. The van der Waals surface area contributed by atoms with E-state index in [0.29, 0.717) is 53.2 Å². The number of rotatable bonds is 9. The molecule has 3 heterocycles. The van der Waals surface area contributed by atoms with Crippen LogP contribution in [0.15, 0.2) is 16.1 Å². The van der Waals surface area contributed by atoms with Crippen molar-refractivity contribution < 1.29 is 14.3 Å². The highest BCUT2D eigenvalue weighted by Gasteiger charge is 2.23. The van der Waals surface area contributed by atoms with E-state index in [0.717, 1.165) is 25.9 Å². The van der Waals surface area contributed by atoms with Gasteiger partial charge in [-0.25, -0.2) is 9.97 Å². The number of nitrogen functional groups attached to an aromatic ring is 1. The highest BCUT2D eigenvalue weighted by Crippen LogP contribution is 2.40. The van der Waals surface area contributed by atoms with Crippen LogP contribution in [0.4, 0.5) is 17.6 Å². The summed E-state index contributed by atoms with van der Waals surface area (Å²) < 4.78 is 11.7. The molecule has 3 rings (SSSR count). The summed E-state index contributed by atoms with van der Waals surface area (Å²) in [4.78, 5) is 32.5. The van der Waals surface area contributed by atoms with Gasteiger partial charge in [-0.05, 0) is 44.9 Å². The van der Waals surface area contributed by atoms with E-state index in [1.54, 1.807) is 6.92 Å². The quantitative estimate of drug-likeness (QED) is 0.553. The molecule has 2 aromatic heterocycles. The minimum atomic E-state index is -0.159. The van der Waals surface area contributed by atoms with Crippen molar-refractivity contribution >= 4 is 35.3 Å². The lowest BCUT2D eigenvalue weighted by atomic mass is 10.1. The van der Waals surface area contributed by atoms with Crippen LogP contribution in [0.1, 0.15) is 46.5 Å². The van der Waals surface area contributed by atoms with Crippen LogP contribution >= 0.6 is 11.8 Å². The summed E-state index contributed by atoms with van der Waals surface area (Å²) in [6.07, 6.45) is 3.76. The fraction of sp³-hybridized carbons (Fsp3) is 0.550. The first kappa shape index (κ1) is 22.9. The predicted molar refractivity (Wildman–Crippen MR) is 120 cm³/mol. The molecular weight excluding hydrogens is 418 g/mol. The molecule has 0 bridgehead atoms. The number of hydrogen-bond donors (Lipinski definition) is 2. The first-order chi connectivity index (χ1) is 15.0. The van der Waals surface area contributed by atoms with Gasteiger partial charge in [-0.2, -0.15) is 9.97 Å². The lowest BCUT2D eigenvalue weighted by molar-refractivity contribution is -0.115. The maximum Gasteiger partial charge on any atom is 0.236 e. The average molecular weight is 448 g/mol. The van der Waals surface area contributed by atoms with Crippen molar-refractivity contribution in [3.8, 4) is 11.8 Å². The molecule has 0 saturated carbocycles. The van der Waals surface area contributed by atoms with Gasteiger partial charge in [0, 0.05) is 25.6 Å². The third-order valence-corrected chi connectivity index (χ3v) is 5.42. The Labute approximate surface area is 186 Å². The van der Waals surface area contributed by atoms with Crippen LogP contribution in [-0.4, -0.2) is 52.1 Å². The number of hydrogen-bond acceptors (Lipinski definition) is 10. The van der Waals surface area contributed by atoms with Crippen molar-refractivity contribution in [3.05, 3.63) is 6.07 Å². The van der Waals surface area contributed by atoms with E-state index in [4.69, 9.17) is 15.2 Å². The van der Waals surface area contributed by atoms with Gasteiger partial charge in [-0.3, -0.25) is 4.79 Å². The van der Waals surface area contributed by atoms with Gasteiger partial charge in [0.2, 0.25) is 23.6 Å². The number of amides is 1. The van der Waals surface area contributed by atoms with E-state index in [-0.39, 0.29) is 11.7 Å². The molecule has 10 nitrogen and oxygen atoms in total. The number of anilines is 3. The molecule has 1 amide bonds. The smallest absolute Gasteiger partial charge is 0.236 e. The Balaban J connectivity index is 1.97. The first-order valence-corrected chi connectivity index (χ1v) is 11.4. The SMILES string of the molecule is CCOc1nc(N2CCCCC2)nc(OCC)c1Sc1nc(N)cc(NC(=O)CC)n1. The Kier molecular flexibility index (Phi) is 8.10. The van der Waals surface area contributed by atoms with Crippen molar-refractivity contribution in [3.63, 3.8) is 0 Å². The highest BCUT2D eigenvalue weighted by atomic mass is 32.2. The molecule has 11 heteroatoms. The molecule has 2 aromatic rings.